The highest BCUT2D eigenvalue weighted by atomic mass is 35.5. The molecule has 3 atom stereocenters. The van der Waals surface area contributed by atoms with Crippen LogP contribution in [0.1, 0.15) is 40.6 Å². The van der Waals surface area contributed by atoms with E-state index in [0.717, 1.165) is 12.1 Å². The van der Waals surface area contributed by atoms with Crippen molar-refractivity contribution < 1.29 is 5.11 Å². The van der Waals surface area contributed by atoms with Crippen molar-refractivity contribution in [3.63, 3.8) is 0 Å². The number of hydrogen-bond donors (Lipinski definition) is 2. The van der Waals surface area contributed by atoms with E-state index in [2.05, 4.69) is 59.7 Å². The first kappa shape index (κ1) is 19.0. The third-order valence-corrected chi connectivity index (χ3v) is 6.35. The van der Waals surface area contributed by atoms with Crippen LogP contribution in [0.3, 0.4) is 0 Å². The summed E-state index contributed by atoms with van der Waals surface area (Å²) in [4.78, 5) is 4.50. The maximum Gasteiger partial charge on any atom is 0.124 e. The number of nitrogens with one attached hydrogen (secondary N) is 1. The second-order valence-electron chi connectivity index (χ2n) is 8.12. The van der Waals surface area contributed by atoms with Gasteiger partial charge < -0.3 is 10.4 Å². The Balaban J connectivity index is 1.40. The van der Waals surface area contributed by atoms with Gasteiger partial charge in [-0.15, -0.1) is 0 Å². The van der Waals surface area contributed by atoms with Crippen molar-refractivity contribution in [2.75, 3.05) is 5.32 Å². The van der Waals surface area contributed by atoms with E-state index < -0.39 is 0 Å². The molecule has 1 heterocycles. The fraction of sp³-hybridized carbons (Fsp3) is 0.192. The molecule has 3 aromatic rings. The van der Waals surface area contributed by atoms with Crippen molar-refractivity contribution in [2.24, 2.45) is 10.9 Å². The number of nitrogens with zero attached hydrogens (tertiary/aromatic N) is 1. The predicted molar refractivity (Wildman–Crippen MR) is 124 cm³/mol. The van der Waals surface area contributed by atoms with Crippen LogP contribution in [0.4, 0.5) is 11.4 Å². The van der Waals surface area contributed by atoms with E-state index in [1.807, 2.05) is 12.1 Å². The molecule has 0 amide bonds. The minimum absolute atomic E-state index is 0.167. The van der Waals surface area contributed by atoms with Crippen molar-refractivity contribution in [3.8, 4) is 5.75 Å². The largest absolute Gasteiger partial charge is 0.507 e. The van der Waals surface area contributed by atoms with Gasteiger partial charge in [0.2, 0.25) is 0 Å². The number of rotatable bonds is 3. The van der Waals surface area contributed by atoms with Crippen molar-refractivity contribution in [3.05, 3.63) is 100 Å². The van der Waals surface area contributed by atoms with Gasteiger partial charge in [0.05, 0.1) is 11.7 Å². The third-order valence-electron chi connectivity index (χ3n) is 6.11. The molecule has 0 radical (unpaired) electrons. The molecule has 1 aliphatic carbocycles. The van der Waals surface area contributed by atoms with E-state index in [9.17, 15) is 5.11 Å². The molecule has 3 aromatic carbocycles. The molecule has 0 saturated carbocycles. The van der Waals surface area contributed by atoms with E-state index >= 15 is 0 Å². The van der Waals surface area contributed by atoms with Gasteiger partial charge in [-0.25, -0.2) is 0 Å². The second-order valence-corrected chi connectivity index (χ2v) is 8.56. The molecule has 150 valence electrons. The highest BCUT2D eigenvalue weighted by Crippen LogP contribution is 2.50. The van der Waals surface area contributed by atoms with Crippen molar-refractivity contribution in [2.45, 2.75) is 25.3 Å². The summed E-state index contributed by atoms with van der Waals surface area (Å²) in [6.07, 6.45) is 7.42. The molecule has 0 aromatic heterocycles. The number of allylic oxidation sites excluding steroid dienone is 2. The minimum Gasteiger partial charge on any atom is -0.507 e. The van der Waals surface area contributed by atoms with Gasteiger partial charge in [0, 0.05) is 28.4 Å². The molecular weight excluding hydrogens is 392 g/mol. The molecule has 0 fully saturated rings. The molecule has 4 heteroatoms. The van der Waals surface area contributed by atoms with E-state index in [1.165, 1.54) is 22.4 Å². The van der Waals surface area contributed by atoms with Crippen LogP contribution in [-0.4, -0.2) is 11.3 Å². The molecular formula is C26H23ClN2O. The first-order valence-corrected chi connectivity index (χ1v) is 10.6. The quantitative estimate of drug-likeness (QED) is 0.360. The number of fused-ring (bicyclic) bond motifs is 3. The third kappa shape index (κ3) is 3.50. The summed E-state index contributed by atoms with van der Waals surface area (Å²) < 4.78 is 0. The highest BCUT2D eigenvalue weighted by Gasteiger charge is 2.37. The number of aromatic hydroxyl groups is 1. The Labute approximate surface area is 181 Å². The van der Waals surface area contributed by atoms with Gasteiger partial charge in [-0.1, -0.05) is 53.6 Å². The normalized spacial score (nSPS) is 22.0. The topological polar surface area (TPSA) is 44.6 Å². The summed E-state index contributed by atoms with van der Waals surface area (Å²) in [6, 6.07) is 20.2. The Morgan fingerprint density at radius 3 is 2.73 bits per heavy atom. The van der Waals surface area contributed by atoms with E-state index in [4.69, 9.17) is 11.6 Å². The zero-order chi connectivity index (χ0) is 20.7. The molecule has 2 aliphatic rings. The van der Waals surface area contributed by atoms with Crippen LogP contribution >= 0.6 is 11.6 Å². The molecule has 0 bridgehead atoms. The molecule has 0 unspecified atom stereocenters. The standard InChI is InChI=1S/C26H23ClN2O/c1-16-5-11-24-23(13-16)21-3-2-4-22(21)26(29-24)17-6-9-20(10-7-17)28-15-18-14-19(27)8-12-25(18)30/h2-3,5-15,21-22,26,29-30H,4H2,1H3/t21-,22-,26-/m1/s1. The Morgan fingerprint density at radius 2 is 1.90 bits per heavy atom. The lowest BCUT2D eigenvalue weighted by atomic mass is 9.76. The number of phenolic OH excluding ortho intramolecular Hbond substituents is 1. The summed E-state index contributed by atoms with van der Waals surface area (Å²) in [5.74, 6) is 1.16. The van der Waals surface area contributed by atoms with Gasteiger partial charge in [0.1, 0.15) is 5.75 Å². The molecule has 3 nitrogen and oxygen atoms in total. The number of anilines is 1. The number of hydrogen-bond acceptors (Lipinski definition) is 3. The van der Waals surface area contributed by atoms with Crippen LogP contribution in [0.5, 0.6) is 5.75 Å². The summed E-state index contributed by atoms with van der Waals surface area (Å²) in [5, 5.41) is 14.3. The average molecular weight is 415 g/mol. The average Bonchev–Trinajstić information content (AvgIpc) is 3.25. The summed E-state index contributed by atoms with van der Waals surface area (Å²) in [6.45, 7) is 2.16. The Bertz CT molecular complexity index is 1150. The number of phenols is 1. The smallest absolute Gasteiger partial charge is 0.124 e. The molecule has 2 N–H and O–H groups in total. The van der Waals surface area contributed by atoms with Crippen molar-refractivity contribution in [1.29, 1.82) is 0 Å². The van der Waals surface area contributed by atoms with Crippen molar-refractivity contribution >= 4 is 29.2 Å². The molecule has 0 saturated heterocycles. The summed E-state index contributed by atoms with van der Waals surface area (Å²) in [7, 11) is 0. The second kappa shape index (κ2) is 7.66. The highest BCUT2D eigenvalue weighted by molar-refractivity contribution is 6.30. The van der Waals surface area contributed by atoms with Crippen LogP contribution in [0.2, 0.25) is 5.02 Å². The van der Waals surface area contributed by atoms with E-state index in [-0.39, 0.29) is 11.8 Å². The van der Waals surface area contributed by atoms with Crippen LogP contribution in [0.25, 0.3) is 0 Å². The maximum atomic E-state index is 9.95. The lowest BCUT2D eigenvalue weighted by Gasteiger charge is -2.37. The Morgan fingerprint density at radius 1 is 1.07 bits per heavy atom. The Kier molecular flexibility index (Phi) is 4.84. The van der Waals surface area contributed by atoms with Gasteiger partial charge in [-0.2, -0.15) is 0 Å². The van der Waals surface area contributed by atoms with E-state index in [0.29, 0.717) is 22.4 Å². The summed E-state index contributed by atoms with van der Waals surface area (Å²) in [5.41, 5.74) is 6.66. The van der Waals surface area contributed by atoms with Gasteiger partial charge in [0.25, 0.3) is 0 Å². The van der Waals surface area contributed by atoms with Crippen LogP contribution in [-0.2, 0) is 0 Å². The maximum absolute atomic E-state index is 9.95. The molecule has 30 heavy (non-hydrogen) atoms. The fourth-order valence-corrected chi connectivity index (χ4v) is 4.76. The number of aliphatic imine (C=N–C) groups is 1. The van der Waals surface area contributed by atoms with Gasteiger partial charge in [0.15, 0.2) is 0 Å². The lowest BCUT2D eigenvalue weighted by Crippen LogP contribution is -2.29. The van der Waals surface area contributed by atoms with Gasteiger partial charge in [-0.3, -0.25) is 4.99 Å². The van der Waals surface area contributed by atoms with Crippen molar-refractivity contribution in [1.82, 2.24) is 0 Å². The van der Waals surface area contributed by atoms with Crippen LogP contribution in [0, 0.1) is 12.8 Å². The van der Waals surface area contributed by atoms with Crippen LogP contribution < -0.4 is 5.32 Å². The SMILES string of the molecule is Cc1ccc2c(c1)[C@@H]1C=CC[C@H]1[C@@H](c1ccc(N=Cc3cc(Cl)ccc3O)cc1)N2. The van der Waals surface area contributed by atoms with E-state index in [1.54, 1.807) is 24.4 Å². The predicted octanol–water partition coefficient (Wildman–Crippen LogP) is 6.93. The van der Waals surface area contributed by atoms with Gasteiger partial charge >= 0.3 is 0 Å². The number of benzene rings is 3. The monoisotopic (exact) mass is 414 g/mol. The number of halogens is 1. The molecule has 0 spiro atoms. The first-order chi connectivity index (χ1) is 14.6. The van der Waals surface area contributed by atoms with Crippen LogP contribution in [0.15, 0.2) is 77.8 Å². The minimum atomic E-state index is 0.167. The Hall–Kier alpha value is -3.04. The fourth-order valence-electron chi connectivity index (χ4n) is 4.58. The first-order valence-electron chi connectivity index (χ1n) is 10.2. The molecule has 5 rings (SSSR count). The molecule has 1 aliphatic heterocycles. The zero-order valence-electron chi connectivity index (χ0n) is 16.7. The lowest BCUT2D eigenvalue weighted by molar-refractivity contribution is 0.425. The van der Waals surface area contributed by atoms with Gasteiger partial charge in [-0.05, 0) is 66.8 Å². The summed E-state index contributed by atoms with van der Waals surface area (Å²) >= 11 is 6.01. The zero-order valence-corrected chi connectivity index (χ0v) is 17.5. The number of aryl methyl sites for hydroxylation is 1.